The quantitative estimate of drug-likeness (QED) is 0.317. The highest BCUT2D eigenvalue weighted by Crippen LogP contribution is 2.33. The van der Waals surface area contributed by atoms with Crippen LogP contribution in [0.4, 0.5) is 4.79 Å². The highest BCUT2D eigenvalue weighted by atomic mass is 16.6. The third-order valence-electron chi connectivity index (χ3n) is 6.05. The molecular weight excluding hydrogens is 462 g/mol. The predicted octanol–water partition coefficient (Wildman–Crippen LogP) is 3.95. The summed E-state index contributed by atoms with van der Waals surface area (Å²) in [6.07, 6.45) is 2.41. The van der Waals surface area contributed by atoms with Gasteiger partial charge in [-0.15, -0.1) is 0 Å². The number of carbonyl (C=O) groups excluding carboxylic acids is 3. The molecule has 36 heavy (non-hydrogen) atoms. The Kier molecular flexibility index (Phi) is 11.7. The van der Waals surface area contributed by atoms with Gasteiger partial charge in [0.25, 0.3) is 0 Å². The number of phenols is 1. The number of nitrogens with zero attached hydrogens (tertiary/aromatic N) is 1. The van der Waals surface area contributed by atoms with E-state index in [0.717, 1.165) is 19.3 Å². The maximum atomic E-state index is 13.9. The van der Waals surface area contributed by atoms with Crippen LogP contribution in [0.15, 0.2) is 18.2 Å². The molecule has 1 rings (SSSR count). The molecule has 9 heteroatoms. The van der Waals surface area contributed by atoms with Gasteiger partial charge in [-0.05, 0) is 77.6 Å². The lowest BCUT2D eigenvalue weighted by molar-refractivity contribution is -0.150. The highest BCUT2D eigenvalue weighted by molar-refractivity contribution is 5.92. The number of aliphatic hydroxyl groups excluding tert-OH is 1. The monoisotopic (exact) mass is 507 g/mol. The summed E-state index contributed by atoms with van der Waals surface area (Å²) in [6.45, 7) is 14.2. The molecule has 3 amide bonds. The van der Waals surface area contributed by atoms with Crippen molar-refractivity contribution in [3.63, 3.8) is 0 Å². The summed E-state index contributed by atoms with van der Waals surface area (Å²) in [6, 6.07) is 2.40. The number of carbonyl (C=O) groups is 3. The fourth-order valence-corrected chi connectivity index (χ4v) is 3.70. The molecule has 0 saturated heterocycles. The van der Waals surface area contributed by atoms with Crippen molar-refractivity contribution in [3.05, 3.63) is 29.3 Å². The molecule has 0 aliphatic heterocycles. The number of amides is 3. The molecule has 0 spiro atoms. The number of nitrogens with one attached hydrogen (secondary N) is 2. The molecule has 0 aliphatic carbocycles. The molecule has 0 aliphatic rings. The van der Waals surface area contributed by atoms with Crippen LogP contribution in [0.1, 0.15) is 91.3 Å². The Morgan fingerprint density at radius 2 is 1.72 bits per heavy atom. The predicted molar refractivity (Wildman–Crippen MR) is 140 cm³/mol. The molecule has 0 fully saturated rings. The van der Waals surface area contributed by atoms with E-state index in [4.69, 9.17) is 4.74 Å². The van der Waals surface area contributed by atoms with E-state index in [9.17, 15) is 24.6 Å². The van der Waals surface area contributed by atoms with Crippen molar-refractivity contribution in [1.82, 2.24) is 15.5 Å². The van der Waals surface area contributed by atoms with E-state index in [1.807, 2.05) is 20.8 Å². The highest BCUT2D eigenvalue weighted by Gasteiger charge is 2.43. The van der Waals surface area contributed by atoms with Crippen molar-refractivity contribution in [2.75, 3.05) is 13.2 Å². The number of phenolic OH excluding ortho intramolecular Hbond substituents is 1. The van der Waals surface area contributed by atoms with Crippen molar-refractivity contribution in [3.8, 4) is 5.75 Å². The van der Waals surface area contributed by atoms with Crippen LogP contribution in [0.3, 0.4) is 0 Å². The maximum absolute atomic E-state index is 13.9. The Morgan fingerprint density at radius 1 is 1.08 bits per heavy atom. The van der Waals surface area contributed by atoms with Gasteiger partial charge in [0, 0.05) is 12.1 Å². The first-order chi connectivity index (χ1) is 16.7. The lowest BCUT2D eigenvalue weighted by Gasteiger charge is -2.44. The number of unbranched alkanes of at least 4 members (excludes halogenated alkanes) is 2. The second-order valence-electron chi connectivity index (χ2n) is 10.7. The van der Waals surface area contributed by atoms with Crippen LogP contribution in [-0.4, -0.2) is 63.4 Å². The van der Waals surface area contributed by atoms with E-state index < -0.39 is 41.8 Å². The lowest BCUT2D eigenvalue weighted by atomic mass is 9.91. The zero-order chi connectivity index (χ0) is 27.7. The third kappa shape index (κ3) is 9.00. The lowest BCUT2D eigenvalue weighted by Crippen LogP contribution is -2.60. The van der Waals surface area contributed by atoms with E-state index in [0.29, 0.717) is 24.1 Å². The summed E-state index contributed by atoms with van der Waals surface area (Å²) in [5.74, 6) is -0.914. The fraction of sp³-hybridized carbons (Fsp3) is 0.667. The van der Waals surface area contributed by atoms with E-state index in [1.165, 1.54) is 11.0 Å². The zero-order valence-electron chi connectivity index (χ0n) is 23.1. The van der Waals surface area contributed by atoms with Gasteiger partial charge in [-0.2, -0.15) is 0 Å². The number of aryl methyl sites for hydroxylation is 1. The summed E-state index contributed by atoms with van der Waals surface area (Å²) in [4.78, 5) is 41.3. The maximum Gasteiger partial charge on any atom is 0.408 e. The Labute approximate surface area is 215 Å². The molecule has 0 aromatic heterocycles. The van der Waals surface area contributed by atoms with E-state index in [1.54, 1.807) is 39.8 Å². The molecule has 2 atom stereocenters. The van der Waals surface area contributed by atoms with Crippen molar-refractivity contribution in [2.45, 2.75) is 104 Å². The minimum atomic E-state index is -1.32. The second kappa shape index (κ2) is 13.5. The number of alkyl carbamates (subject to hydrolysis) is 1. The molecule has 4 N–H and O–H groups in total. The summed E-state index contributed by atoms with van der Waals surface area (Å²) in [5, 5.41) is 25.5. The van der Waals surface area contributed by atoms with Gasteiger partial charge in [-0.1, -0.05) is 32.8 Å². The topological polar surface area (TPSA) is 128 Å². The summed E-state index contributed by atoms with van der Waals surface area (Å²) < 4.78 is 5.27. The standard InChI is InChI=1S/C27H45N3O6/c1-9-11-12-15-28-23(33)22(19-13-14-21(32)18(3)16-19)30(27(7,8)10-2)24(34)20(17-31)29-25(35)36-26(4,5)6/h13-14,16,20,22,31-32H,9-12,15,17H2,1-8H3,(H,28,33)(H,29,35). The van der Waals surface area contributed by atoms with Gasteiger partial charge in [-0.25, -0.2) is 4.79 Å². The molecular formula is C27H45N3O6. The average molecular weight is 508 g/mol. The molecule has 0 radical (unpaired) electrons. The van der Waals surface area contributed by atoms with Gasteiger partial charge < -0.3 is 30.5 Å². The van der Waals surface area contributed by atoms with Crippen LogP contribution in [0.2, 0.25) is 0 Å². The number of hydrogen-bond acceptors (Lipinski definition) is 6. The Hall–Kier alpha value is -2.81. The zero-order valence-corrected chi connectivity index (χ0v) is 23.1. The first kappa shape index (κ1) is 31.2. The molecule has 0 bridgehead atoms. The molecule has 204 valence electrons. The van der Waals surface area contributed by atoms with Crippen molar-refractivity contribution < 1.29 is 29.3 Å². The van der Waals surface area contributed by atoms with Crippen molar-refractivity contribution in [2.24, 2.45) is 0 Å². The molecule has 0 heterocycles. The van der Waals surface area contributed by atoms with Crippen LogP contribution in [0, 0.1) is 6.92 Å². The summed E-state index contributed by atoms with van der Waals surface area (Å²) in [5.41, 5.74) is -0.539. The van der Waals surface area contributed by atoms with Crippen LogP contribution >= 0.6 is 0 Å². The number of aromatic hydroxyl groups is 1. The van der Waals surface area contributed by atoms with Crippen LogP contribution < -0.4 is 10.6 Å². The van der Waals surface area contributed by atoms with Crippen molar-refractivity contribution in [1.29, 1.82) is 0 Å². The largest absolute Gasteiger partial charge is 0.508 e. The van der Waals surface area contributed by atoms with Crippen LogP contribution in [0.25, 0.3) is 0 Å². The van der Waals surface area contributed by atoms with E-state index >= 15 is 0 Å². The second-order valence-corrected chi connectivity index (χ2v) is 10.7. The van der Waals surface area contributed by atoms with Gasteiger partial charge >= 0.3 is 6.09 Å². The third-order valence-corrected chi connectivity index (χ3v) is 6.05. The molecule has 1 aromatic carbocycles. The Balaban J connectivity index is 3.51. The van der Waals surface area contributed by atoms with Gasteiger partial charge in [0.2, 0.25) is 11.8 Å². The summed E-state index contributed by atoms with van der Waals surface area (Å²) >= 11 is 0. The minimum absolute atomic E-state index is 0.0771. The first-order valence-corrected chi connectivity index (χ1v) is 12.7. The van der Waals surface area contributed by atoms with Crippen LogP contribution in [0.5, 0.6) is 5.75 Å². The molecule has 9 nitrogen and oxygen atoms in total. The molecule has 2 unspecified atom stereocenters. The smallest absolute Gasteiger partial charge is 0.408 e. The van der Waals surface area contributed by atoms with Crippen molar-refractivity contribution >= 4 is 17.9 Å². The van der Waals surface area contributed by atoms with Gasteiger partial charge in [0.15, 0.2) is 0 Å². The minimum Gasteiger partial charge on any atom is -0.508 e. The molecule has 0 saturated carbocycles. The molecule has 1 aromatic rings. The average Bonchev–Trinajstić information content (AvgIpc) is 2.78. The van der Waals surface area contributed by atoms with Gasteiger partial charge in [0.1, 0.15) is 23.4 Å². The fourth-order valence-electron chi connectivity index (χ4n) is 3.70. The first-order valence-electron chi connectivity index (χ1n) is 12.7. The van der Waals surface area contributed by atoms with Gasteiger partial charge in [-0.3, -0.25) is 9.59 Å². The number of rotatable bonds is 12. The number of aliphatic hydroxyl groups is 1. The van der Waals surface area contributed by atoms with Crippen LogP contribution in [-0.2, 0) is 14.3 Å². The van der Waals surface area contributed by atoms with E-state index in [-0.39, 0.29) is 11.7 Å². The summed E-state index contributed by atoms with van der Waals surface area (Å²) in [7, 11) is 0. The van der Waals surface area contributed by atoms with Gasteiger partial charge in [0.05, 0.1) is 6.61 Å². The number of ether oxygens (including phenoxy) is 1. The Morgan fingerprint density at radius 3 is 2.22 bits per heavy atom. The SMILES string of the molecule is CCCCCNC(=O)C(c1ccc(O)c(C)c1)N(C(=O)C(CO)NC(=O)OC(C)(C)C)C(C)(C)CC. The number of benzene rings is 1. The number of hydrogen-bond donors (Lipinski definition) is 4. The Bertz CT molecular complexity index is 894. The van der Waals surface area contributed by atoms with E-state index in [2.05, 4.69) is 17.6 Å². The normalized spacial score (nSPS) is 13.5.